The van der Waals surface area contributed by atoms with Gasteiger partial charge in [-0.05, 0) is 44.6 Å². The smallest absolute Gasteiger partial charge is 0.220 e. The standard InChI is InChI=1S/C12H19N3O/c1-10(11-5-8-14-9-6-11)15-12(16)4-3-7-13-2/h5-6,8-10,13H,3-4,7H2,1-2H3,(H,15,16). The lowest BCUT2D eigenvalue weighted by Gasteiger charge is -2.13. The molecule has 0 spiro atoms. The summed E-state index contributed by atoms with van der Waals surface area (Å²) in [5.74, 6) is 0.0968. The molecule has 1 aromatic heterocycles. The molecule has 1 amide bonds. The summed E-state index contributed by atoms with van der Waals surface area (Å²) in [7, 11) is 1.89. The van der Waals surface area contributed by atoms with Crippen LogP contribution in [-0.4, -0.2) is 24.5 Å². The van der Waals surface area contributed by atoms with Gasteiger partial charge in [-0.3, -0.25) is 9.78 Å². The van der Waals surface area contributed by atoms with Gasteiger partial charge in [0.25, 0.3) is 0 Å². The van der Waals surface area contributed by atoms with E-state index in [2.05, 4.69) is 15.6 Å². The van der Waals surface area contributed by atoms with E-state index in [4.69, 9.17) is 0 Å². The summed E-state index contributed by atoms with van der Waals surface area (Å²) in [5, 5.41) is 5.98. The largest absolute Gasteiger partial charge is 0.350 e. The lowest BCUT2D eigenvalue weighted by Crippen LogP contribution is -2.27. The zero-order valence-electron chi connectivity index (χ0n) is 9.86. The van der Waals surface area contributed by atoms with Gasteiger partial charge in [-0.2, -0.15) is 0 Å². The van der Waals surface area contributed by atoms with Crippen LogP contribution in [0.5, 0.6) is 0 Å². The topological polar surface area (TPSA) is 54.0 Å². The number of pyridine rings is 1. The third kappa shape index (κ3) is 4.40. The molecule has 0 aliphatic carbocycles. The van der Waals surface area contributed by atoms with Crippen molar-refractivity contribution in [2.45, 2.75) is 25.8 Å². The molecule has 0 saturated heterocycles. The fourth-order valence-corrected chi connectivity index (χ4v) is 1.47. The number of amides is 1. The van der Waals surface area contributed by atoms with E-state index in [1.165, 1.54) is 0 Å². The van der Waals surface area contributed by atoms with Crippen molar-refractivity contribution in [1.29, 1.82) is 0 Å². The van der Waals surface area contributed by atoms with Gasteiger partial charge in [-0.15, -0.1) is 0 Å². The molecule has 4 heteroatoms. The first-order valence-electron chi connectivity index (χ1n) is 5.58. The average molecular weight is 221 g/mol. The van der Waals surface area contributed by atoms with E-state index in [-0.39, 0.29) is 11.9 Å². The van der Waals surface area contributed by atoms with Crippen LogP contribution in [-0.2, 0) is 4.79 Å². The molecule has 1 aromatic rings. The lowest BCUT2D eigenvalue weighted by molar-refractivity contribution is -0.121. The Kier molecular flexibility index (Phi) is 5.50. The minimum absolute atomic E-state index is 0.0464. The first-order chi connectivity index (χ1) is 7.74. The Hall–Kier alpha value is -1.42. The molecule has 0 aliphatic heterocycles. The highest BCUT2D eigenvalue weighted by atomic mass is 16.1. The molecular formula is C12H19N3O. The molecule has 1 unspecified atom stereocenters. The van der Waals surface area contributed by atoms with Crippen LogP contribution in [0.4, 0.5) is 0 Å². The van der Waals surface area contributed by atoms with E-state index < -0.39 is 0 Å². The Morgan fingerprint density at radius 3 is 2.75 bits per heavy atom. The van der Waals surface area contributed by atoms with Gasteiger partial charge >= 0.3 is 0 Å². The Balaban J connectivity index is 2.34. The Labute approximate surface area is 96.5 Å². The van der Waals surface area contributed by atoms with E-state index in [9.17, 15) is 4.79 Å². The molecule has 1 atom stereocenters. The molecule has 0 bridgehead atoms. The Morgan fingerprint density at radius 1 is 1.44 bits per heavy atom. The SMILES string of the molecule is CNCCCC(=O)NC(C)c1ccncc1. The molecule has 2 N–H and O–H groups in total. The number of hydrogen-bond acceptors (Lipinski definition) is 3. The molecular weight excluding hydrogens is 202 g/mol. The third-order valence-corrected chi connectivity index (χ3v) is 2.41. The zero-order valence-corrected chi connectivity index (χ0v) is 9.86. The maximum Gasteiger partial charge on any atom is 0.220 e. The normalized spacial score (nSPS) is 12.1. The van der Waals surface area contributed by atoms with Crippen molar-refractivity contribution in [3.63, 3.8) is 0 Å². The van der Waals surface area contributed by atoms with Crippen LogP contribution in [0.15, 0.2) is 24.5 Å². The van der Waals surface area contributed by atoms with Gasteiger partial charge in [-0.25, -0.2) is 0 Å². The van der Waals surface area contributed by atoms with Gasteiger partial charge in [0.1, 0.15) is 0 Å². The number of hydrogen-bond donors (Lipinski definition) is 2. The van der Waals surface area contributed by atoms with Crippen molar-refractivity contribution in [2.75, 3.05) is 13.6 Å². The average Bonchev–Trinajstić information content (AvgIpc) is 2.30. The molecule has 1 rings (SSSR count). The van der Waals surface area contributed by atoms with Gasteiger partial charge in [0.2, 0.25) is 5.91 Å². The van der Waals surface area contributed by atoms with Crippen molar-refractivity contribution in [3.05, 3.63) is 30.1 Å². The molecule has 0 aliphatic rings. The summed E-state index contributed by atoms with van der Waals surface area (Å²) < 4.78 is 0. The van der Waals surface area contributed by atoms with Gasteiger partial charge in [0.05, 0.1) is 6.04 Å². The minimum atomic E-state index is 0.0464. The fraction of sp³-hybridized carbons (Fsp3) is 0.500. The quantitative estimate of drug-likeness (QED) is 0.711. The van der Waals surface area contributed by atoms with Gasteiger partial charge in [0, 0.05) is 18.8 Å². The van der Waals surface area contributed by atoms with Crippen molar-refractivity contribution in [3.8, 4) is 0 Å². The first-order valence-corrected chi connectivity index (χ1v) is 5.58. The molecule has 0 radical (unpaired) electrons. The number of nitrogens with one attached hydrogen (secondary N) is 2. The van der Waals surface area contributed by atoms with Crippen molar-refractivity contribution in [1.82, 2.24) is 15.6 Å². The second kappa shape index (κ2) is 6.95. The van der Waals surface area contributed by atoms with Crippen LogP contribution in [0, 0.1) is 0 Å². The first kappa shape index (κ1) is 12.6. The zero-order chi connectivity index (χ0) is 11.8. The monoisotopic (exact) mass is 221 g/mol. The fourth-order valence-electron chi connectivity index (χ4n) is 1.47. The number of nitrogens with zero attached hydrogens (tertiary/aromatic N) is 1. The Bertz CT molecular complexity index is 313. The molecule has 1 heterocycles. The summed E-state index contributed by atoms with van der Waals surface area (Å²) in [6, 6.07) is 3.88. The summed E-state index contributed by atoms with van der Waals surface area (Å²) in [4.78, 5) is 15.5. The number of rotatable bonds is 6. The van der Waals surface area contributed by atoms with Crippen molar-refractivity contribution < 1.29 is 4.79 Å². The Morgan fingerprint density at radius 2 is 2.12 bits per heavy atom. The predicted molar refractivity (Wildman–Crippen MR) is 64.0 cm³/mol. The van der Waals surface area contributed by atoms with Crippen LogP contribution >= 0.6 is 0 Å². The molecule has 0 saturated carbocycles. The number of carbonyl (C=O) groups excluding carboxylic acids is 1. The number of aromatic nitrogens is 1. The lowest BCUT2D eigenvalue weighted by atomic mass is 10.1. The third-order valence-electron chi connectivity index (χ3n) is 2.41. The van der Waals surface area contributed by atoms with Crippen LogP contribution in [0.3, 0.4) is 0 Å². The van der Waals surface area contributed by atoms with Crippen molar-refractivity contribution >= 4 is 5.91 Å². The molecule has 16 heavy (non-hydrogen) atoms. The second-order valence-electron chi connectivity index (χ2n) is 3.78. The summed E-state index contributed by atoms with van der Waals surface area (Å²) >= 11 is 0. The second-order valence-corrected chi connectivity index (χ2v) is 3.78. The van der Waals surface area contributed by atoms with Crippen LogP contribution in [0.25, 0.3) is 0 Å². The van der Waals surface area contributed by atoms with E-state index in [1.807, 2.05) is 26.1 Å². The molecule has 0 fully saturated rings. The molecule has 0 aromatic carbocycles. The summed E-state index contributed by atoms with van der Waals surface area (Å²) in [6.45, 7) is 2.85. The maximum atomic E-state index is 11.5. The van der Waals surface area contributed by atoms with Crippen LogP contribution < -0.4 is 10.6 Å². The van der Waals surface area contributed by atoms with E-state index in [0.717, 1.165) is 18.5 Å². The van der Waals surface area contributed by atoms with Crippen LogP contribution in [0.2, 0.25) is 0 Å². The van der Waals surface area contributed by atoms with E-state index >= 15 is 0 Å². The predicted octanol–water partition coefficient (Wildman–Crippen LogP) is 1.26. The minimum Gasteiger partial charge on any atom is -0.350 e. The van der Waals surface area contributed by atoms with E-state index in [1.54, 1.807) is 12.4 Å². The highest BCUT2D eigenvalue weighted by molar-refractivity contribution is 5.76. The highest BCUT2D eigenvalue weighted by Crippen LogP contribution is 2.10. The highest BCUT2D eigenvalue weighted by Gasteiger charge is 2.08. The van der Waals surface area contributed by atoms with E-state index in [0.29, 0.717) is 6.42 Å². The maximum absolute atomic E-state index is 11.5. The number of carbonyl (C=O) groups is 1. The molecule has 88 valence electrons. The van der Waals surface area contributed by atoms with Crippen molar-refractivity contribution in [2.24, 2.45) is 0 Å². The van der Waals surface area contributed by atoms with Gasteiger partial charge < -0.3 is 10.6 Å². The molecule has 4 nitrogen and oxygen atoms in total. The van der Waals surface area contributed by atoms with Crippen LogP contribution in [0.1, 0.15) is 31.4 Å². The summed E-state index contributed by atoms with van der Waals surface area (Å²) in [5.41, 5.74) is 1.08. The van der Waals surface area contributed by atoms with Gasteiger partial charge in [0.15, 0.2) is 0 Å². The summed E-state index contributed by atoms with van der Waals surface area (Å²) in [6.07, 6.45) is 4.90. The van der Waals surface area contributed by atoms with Gasteiger partial charge in [-0.1, -0.05) is 0 Å².